The van der Waals surface area contributed by atoms with Gasteiger partial charge in [0, 0.05) is 40.5 Å². The van der Waals surface area contributed by atoms with Crippen molar-refractivity contribution in [2.45, 2.75) is 5.60 Å². The molecule has 6 rings (SSSR count). The molecule has 2 N–H and O–H groups in total. The lowest BCUT2D eigenvalue weighted by atomic mass is 9.76. The third-order valence-electron chi connectivity index (χ3n) is 6.49. The summed E-state index contributed by atoms with van der Waals surface area (Å²) in [6.45, 7) is 0. The molecule has 0 saturated carbocycles. The van der Waals surface area contributed by atoms with Gasteiger partial charge in [-0.2, -0.15) is 0 Å². The average molecular weight is 498 g/mol. The molecule has 0 unspecified atom stereocenters. The van der Waals surface area contributed by atoms with Crippen molar-refractivity contribution in [2.75, 3.05) is 0 Å². The zero-order valence-electron chi connectivity index (χ0n) is 18.6. The van der Waals surface area contributed by atoms with Gasteiger partial charge in [-0.1, -0.05) is 24.3 Å². The van der Waals surface area contributed by atoms with E-state index in [0.29, 0.717) is 16.7 Å². The molecule has 182 valence electrons. The lowest BCUT2D eigenvalue weighted by Crippen LogP contribution is -2.32. The highest BCUT2D eigenvalue weighted by Crippen LogP contribution is 2.58. The summed E-state index contributed by atoms with van der Waals surface area (Å²) in [6, 6.07) is 16.8. The van der Waals surface area contributed by atoms with Crippen LogP contribution in [0.1, 0.15) is 27.0 Å². The highest BCUT2D eigenvalue weighted by Gasteiger charge is 2.54. The Morgan fingerprint density at radius 3 is 1.92 bits per heavy atom. The van der Waals surface area contributed by atoms with Crippen LogP contribution < -0.4 is 4.74 Å². The molecular weight excluding hydrogens is 484 g/mol. The van der Waals surface area contributed by atoms with Gasteiger partial charge in [-0.05, 0) is 30.3 Å². The summed E-state index contributed by atoms with van der Waals surface area (Å²) >= 11 is 0. The minimum atomic E-state index is -1.58. The number of para-hydroxylation sites is 1. The van der Waals surface area contributed by atoms with Crippen molar-refractivity contribution in [3.05, 3.63) is 115 Å². The fraction of sp³-hybridized carbons (Fsp3) is 0.0385. The number of rotatable bonds is 3. The van der Waals surface area contributed by atoms with Crippen LogP contribution in [0.15, 0.2) is 72.8 Å². The smallest absolute Gasteiger partial charge is 0.353 e. The van der Waals surface area contributed by atoms with Crippen LogP contribution >= 0.6 is 0 Å². The van der Waals surface area contributed by atoms with E-state index < -0.39 is 32.8 Å². The number of nitrogens with zero attached hydrogens (tertiary/aromatic N) is 2. The summed E-state index contributed by atoms with van der Waals surface area (Å²) in [5.41, 5.74) is -2.02. The van der Waals surface area contributed by atoms with Crippen LogP contribution in [0, 0.1) is 20.2 Å². The Bertz CT molecular complexity index is 1640. The number of benzene rings is 4. The second-order valence-electron chi connectivity index (χ2n) is 8.45. The minimum Gasteiger partial charge on any atom is -0.508 e. The Labute approximate surface area is 207 Å². The predicted octanol–water partition coefficient (Wildman–Crippen LogP) is 5.15. The second-order valence-corrected chi connectivity index (χ2v) is 8.45. The number of nitro groups is 2. The molecule has 37 heavy (non-hydrogen) atoms. The minimum absolute atomic E-state index is 0.00829. The topological polar surface area (TPSA) is 162 Å². The summed E-state index contributed by atoms with van der Waals surface area (Å²) in [7, 11) is 0. The summed E-state index contributed by atoms with van der Waals surface area (Å²) in [5, 5.41) is 43.6. The standard InChI is InChI=1S/C26H14N2O9/c29-13-7-9-17-21(11-13)36-22-12-14(30)8-10-18(22)26(17)19-5-1-3-15(23(19)25(31)37-26)16-4-2-6-20(27(32)33)24(16)28(34)35/h1-12,29-30H. The third-order valence-corrected chi connectivity index (χ3v) is 6.49. The van der Waals surface area contributed by atoms with Gasteiger partial charge in [0.1, 0.15) is 23.0 Å². The SMILES string of the molecule is O=C1OC2(c3ccc(O)cc3Oc3cc(O)ccc32)c2cccc(-c3cccc([N+](=O)[O-])c3[N+](=O)[O-])c21. The van der Waals surface area contributed by atoms with Crippen LogP contribution in [0.3, 0.4) is 0 Å². The first-order chi connectivity index (χ1) is 17.7. The second kappa shape index (κ2) is 7.52. The molecule has 11 nitrogen and oxygen atoms in total. The molecule has 0 saturated heterocycles. The summed E-state index contributed by atoms with van der Waals surface area (Å²) in [4.78, 5) is 35.3. The maximum absolute atomic E-state index is 13.5. The van der Waals surface area contributed by atoms with E-state index in [1.54, 1.807) is 12.1 Å². The molecule has 4 aromatic carbocycles. The lowest BCUT2D eigenvalue weighted by Gasteiger charge is -2.36. The molecule has 0 atom stereocenters. The first-order valence-corrected chi connectivity index (χ1v) is 10.9. The Morgan fingerprint density at radius 2 is 1.32 bits per heavy atom. The number of hydrogen-bond donors (Lipinski definition) is 2. The van der Waals surface area contributed by atoms with Gasteiger partial charge >= 0.3 is 17.3 Å². The van der Waals surface area contributed by atoms with Crippen LogP contribution in [0.5, 0.6) is 23.0 Å². The van der Waals surface area contributed by atoms with Crippen LogP contribution in [0.2, 0.25) is 0 Å². The largest absolute Gasteiger partial charge is 0.508 e. The highest BCUT2D eigenvalue weighted by atomic mass is 16.6. The van der Waals surface area contributed by atoms with Gasteiger partial charge in [0.15, 0.2) is 5.60 Å². The van der Waals surface area contributed by atoms with Gasteiger partial charge in [0.2, 0.25) is 0 Å². The van der Waals surface area contributed by atoms with Gasteiger partial charge in [0.05, 0.1) is 21.0 Å². The molecule has 2 aliphatic heterocycles. The Balaban J connectivity index is 1.69. The first kappa shape index (κ1) is 22.0. The number of esters is 1. The zero-order chi connectivity index (χ0) is 26.1. The fourth-order valence-corrected chi connectivity index (χ4v) is 5.06. The molecule has 0 radical (unpaired) electrons. The van der Waals surface area contributed by atoms with Crippen molar-refractivity contribution >= 4 is 17.3 Å². The Kier molecular flexibility index (Phi) is 4.48. The molecular formula is C26H14N2O9. The van der Waals surface area contributed by atoms with E-state index in [2.05, 4.69) is 0 Å². The number of phenolic OH excluding ortho intramolecular Hbond substituents is 2. The number of phenols is 2. The van der Waals surface area contributed by atoms with E-state index in [-0.39, 0.29) is 39.7 Å². The Hall–Kier alpha value is -5.45. The lowest BCUT2D eigenvalue weighted by molar-refractivity contribution is -0.422. The van der Waals surface area contributed by atoms with Gasteiger partial charge in [0.25, 0.3) is 0 Å². The molecule has 0 amide bonds. The van der Waals surface area contributed by atoms with Crippen molar-refractivity contribution in [1.29, 1.82) is 0 Å². The van der Waals surface area contributed by atoms with Gasteiger partial charge in [-0.15, -0.1) is 0 Å². The molecule has 0 fully saturated rings. The third kappa shape index (κ3) is 2.97. The number of carbonyl (C=O) groups excluding carboxylic acids is 1. The molecule has 0 aromatic heterocycles. The van der Waals surface area contributed by atoms with Gasteiger partial charge < -0.3 is 19.7 Å². The van der Waals surface area contributed by atoms with Gasteiger partial charge in [-0.25, -0.2) is 4.79 Å². The fourth-order valence-electron chi connectivity index (χ4n) is 5.06. The first-order valence-electron chi connectivity index (χ1n) is 10.9. The molecule has 2 heterocycles. The van der Waals surface area contributed by atoms with Crippen molar-refractivity contribution in [2.24, 2.45) is 0 Å². The molecule has 0 bridgehead atoms. The van der Waals surface area contributed by atoms with E-state index in [1.807, 2.05) is 0 Å². The summed E-state index contributed by atoms with van der Waals surface area (Å²) in [6.07, 6.45) is 0. The van der Waals surface area contributed by atoms with E-state index >= 15 is 0 Å². The van der Waals surface area contributed by atoms with E-state index in [1.165, 1.54) is 54.6 Å². The molecule has 4 aromatic rings. The Morgan fingerprint density at radius 1 is 0.730 bits per heavy atom. The van der Waals surface area contributed by atoms with Crippen LogP contribution in [-0.2, 0) is 10.3 Å². The number of hydrogen-bond acceptors (Lipinski definition) is 9. The number of nitro benzene ring substituents is 2. The monoisotopic (exact) mass is 498 g/mol. The van der Waals surface area contributed by atoms with Crippen molar-refractivity contribution < 1.29 is 34.3 Å². The zero-order valence-corrected chi connectivity index (χ0v) is 18.6. The molecule has 11 heteroatoms. The van der Waals surface area contributed by atoms with E-state index in [9.17, 15) is 35.2 Å². The molecule has 2 aliphatic rings. The van der Waals surface area contributed by atoms with E-state index in [0.717, 1.165) is 6.07 Å². The van der Waals surface area contributed by atoms with Crippen molar-refractivity contribution in [3.63, 3.8) is 0 Å². The van der Waals surface area contributed by atoms with Gasteiger partial charge in [-0.3, -0.25) is 20.2 Å². The van der Waals surface area contributed by atoms with Crippen LogP contribution in [0.4, 0.5) is 11.4 Å². The molecule has 1 spiro atoms. The van der Waals surface area contributed by atoms with Crippen LogP contribution in [0.25, 0.3) is 11.1 Å². The molecule has 0 aliphatic carbocycles. The average Bonchev–Trinajstić information content (AvgIpc) is 3.16. The van der Waals surface area contributed by atoms with Crippen molar-refractivity contribution in [1.82, 2.24) is 0 Å². The maximum Gasteiger partial charge on any atom is 0.353 e. The normalized spacial score (nSPS) is 14.2. The number of aromatic hydroxyl groups is 2. The number of fused-ring (bicyclic) bond motifs is 6. The highest BCUT2D eigenvalue weighted by molar-refractivity contribution is 6.04. The summed E-state index contributed by atoms with van der Waals surface area (Å²) < 4.78 is 12.0. The number of carbonyl (C=O) groups is 1. The summed E-state index contributed by atoms with van der Waals surface area (Å²) in [5.74, 6) is -0.687. The quantitative estimate of drug-likeness (QED) is 0.221. The van der Waals surface area contributed by atoms with Crippen molar-refractivity contribution in [3.8, 4) is 34.1 Å². The van der Waals surface area contributed by atoms with Crippen LogP contribution in [-0.4, -0.2) is 26.0 Å². The van der Waals surface area contributed by atoms with E-state index in [4.69, 9.17) is 9.47 Å². The maximum atomic E-state index is 13.5. The number of ether oxygens (including phenoxy) is 2. The predicted molar refractivity (Wildman–Crippen MR) is 127 cm³/mol.